The molecule has 3 heterocycles. The number of hydrogen-bond donors (Lipinski definition) is 0. The van der Waals surface area contributed by atoms with E-state index in [2.05, 4.69) is 16.1 Å². The number of sulfonamides is 1. The van der Waals surface area contributed by atoms with Crippen LogP contribution in [-0.4, -0.2) is 58.0 Å². The van der Waals surface area contributed by atoms with E-state index in [0.29, 0.717) is 42.6 Å². The number of halogens is 1. The van der Waals surface area contributed by atoms with Gasteiger partial charge in [-0.25, -0.2) is 13.1 Å². The maximum atomic E-state index is 12.9. The van der Waals surface area contributed by atoms with Gasteiger partial charge in [-0.15, -0.1) is 5.10 Å². The minimum absolute atomic E-state index is 0.267. The van der Waals surface area contributed by atoms with E-state index in [1.807, 2.05) is 27.3 Å². The third-order valence-corrected chi connectivity index (χ3v) is 8.80. The minimum atomic E-state index is -3.52. The predicted octanol–water partition coefficient (Wildman–Crippen LogP) is 3.70. The lowest BCUT2D eigenvalue weighted by molar-refractivity contribution is 0.145. The molecule has 0 radical (unpaired) electrons. The van der Waals surface area contributed by atoms with Crippen LogP contribution in [0, 0.1) is 4.77 Å². The van der Waals surface area contributed by atoms with Crippen molar-refractivity contribution in [3.8, 4) is 0 Å². The fourth-order valence-corrected chi connectivity index (χ4v) is 6.55. The monoisotopic (exact) mass is 479 g/mol. The van der Waals surface area contributed by atoms with Crippen LogP contribution in [0.25, 0.3) is 15.2 Å². The van der Waals surface area contributed by atoms with Crippen molar-refractivity contribution in [1.82, 2.24) is 23.4 Å². The first-order chi connectivity index (χ1) is 14.4. The highest BCUT2D eigenvalue weighted by Gasteiger charge is 2.28. The van der Waals surface area contributed by atoms with Crippen molar-refractivity contribution >= 4 is 60.4 Å². The van der Waals surface area contributed by atoms with E-state index in [1.165, 1.54) is 4.31 Å². The molecule has 0 aliphatic carbocycles. The summed E-state index contributed by atoms with van der Waals surface area (Å²) in [6.07, 6.45) is 0. The normalized spacial score (nSPS) is 16.6. The Morgan fingerprint density at radius 3 is 2.47 bits per heavy atom. The summed E-state index contributed by atoms with van der Waals surface area (Å²) in [6, 6.07) is 14.4. The van der Waals surface area contributed by atoms with Crippen molar-refractivity contribution in [1.29, 1.82) is 0 Å². The van der Waals surface area contributed by atoms with Crippen LogP contribution in [0.2, 0.25) is 5.02 Å². The lowest BCUT2D eigenvalue weighted by Gasteiger charge is -2.33. The van der Waals surface area contributed by atoms with Crippen molar-refractivity contribution < 1.29 is 8.42 Å². The van der Waals surface area contributed by atoms with Crippen LogP contribution in [0.1, 0.15) is 0 Å². The van der Waals surface area contributed by atoms with Crippen molar-refractivity contribution in [3.05, 3.63) is 58.3 Å². The van der Waals surface area contributed by atoms with Crippen LogP contribution in [0.15, 0.2) is 53.4 Å². The number of benzene rings is 2. The highest BCUT2D eigenvalue weighted by molar-refractivity contribution is 7.89. The van der Waals surface area contributed by atoms with Crippen LogP contribution in [0.4, 0.5) is 0 Å². The first-order valence-corrected chi connectivity index (χ1v) is 12.4. The summed E-state index contributed by atoms with van der Waals surface area (Å²) >= 11 is 13.1. The fraction of sp³-hybridized carbons (Fsp3) is 0.263. The molecule has 0 amide bonds. The van der Waals surface area contributed by atoms with Gasteiger partial charge in [0, 0.05) is 31.2 Å². The smallest absolute Gasteiger partial charge is 0.243 e. The number of fused-ring (bicyclic) bond motifs is 3. The summed E-state index contributed by atoms with van der Waals surface area (Å²) in [7, 11) is -3.52. The summed E-state index contributed by atoms with van der Waals surface area (Å²) in [4.78, 5) is 3.30. The Bertz CT molecular complexity index is 1380. The van der Waals surface area contributed by atoms with E-state index < -0.39 is 10.0 Å². The zero-order valence-electron chi connectivity index (χ0n) is 15.8. The number of rotatable bonds is 4. The van der Waals surface area contributed by atoms with Gasteiger partial charge in [-0.2, -0.15) is 4.31 Å². The molecule has 1 saturated heterocycles. The zero-order chi connectivity index (χ0) is 20.9. The molecule has 11 heteroatoms. The summed E-state index contributed by atoms with van der Waals surface area (Å²) in [5.74, 6) is 0. The largest absolute Gasteiger partial charge is 0.282 e. The molecule has 5 rings (SSSR count). The van der Waals surface area contributed by atoms with Crippen LogP contribution in [0.3, 0.4) is 0 Å². The Morgan fingerprint density at radius 1 is 1.03 bits per heavy atom. The number of nitrogens with zero attached hydrogens (tertiary/aromatic N) is 5. The third kappa shape index (κ3) is 3.47. The van der Waals surface area contributed by atoms with Crippen molar-refractivity contribution in [2.24, 2.45) is 0 Å². The van der Waals surface area contributed by atoms with Gasteiger partial charge in [0.15, 0.2) is 0 Å². The number of thiazole rings is 1. The van der Waals surface area contributed by atoms with Gasteiger partial charge in [0.1, 0.15) is 0 Å². The molecule has 156 valence electrons. The SMILES string of the molecule is O=S(=O)(c1ccc(Cl)cc1)N1CCN(Cn2nc3sc4ccccc4n3c2=S)CC1. The highest BCUT2D eigenvalue weighted by Crippen LogP contribution is 2.26. The van der Waals surface area contributed by atoms with Gasteiger partial charge in [-0.05, 0) is 48.6 Å². The van der Waals surface area contributed by atoms with E-state index in [-0.39, 0.29) is 4.90 Å². The van der Waals surface area contributed by atoms with Crippen LogP contribution in [0.5, 0.6) is 0 Å². The summed E-state index contributed by atoms with van der Waals surface area (Å²) in [5.41, 5.74) is 1.06. The zero-order valence-corrected chi connectivity index (χ0v) is 19.0. The average molecular weight is 480 g/mol. The van der Waals surface area contributed by atoms with Gasteiger partial charge in [0.05, 0.1) is 21.8 Å². The fourth-order valence-electron chi connectivity index (χ4n) is 3.64. The summed E-state index contributed by atoms with van der Waals surface area (Å²) in [5, 5.41) is 5.19. The first-order valence-electron chi connectivity index (χ1n) is 9.39. The predicted molar refractivity (Wildman–Crippen MR) is 121 cm³/mol. The lowest BCUT2D eigenvalue weighted by atomic mass is 10.3. The average Bonchev–Trinajstić information content (AvgIpc) is 3.25. The Hall–Kier alpha value is -1.82. The molecule has 4 aromatic rings. The van der Waals surface area contributed by atoms with E-state index in [1.54, 1.807) is 35.6 Å². The number of piperazine rings is 1. The van der Waals surface area contributed by atoms with E-state index in [4.69, 9.17) is 23.8 Å². The second kappa shape index (κ2) is 7.70. The molecule has 1 aliphatic rings. The molecular formula is C19H18ClN5O2S3. The third-order valence-electron chi connectivity index (χ3n) is 5.23. The number of aromatic nitrogens is 3. The van der Waals surface area contributed by atoms with Crippen LogP contribution in [-0.2, 0) is 16.7 Å². The summed E-state index contributed by atoms with van der Waals surface area (Å²) < 4.78 is 32.8. The van der Waals surface area contributed by atoms with Gasteiger partial charge in [0.2, 0.25) is 19.8 Å². The molecule has 0 atom stereocenters. The topological polar surface area (TPSA) is 62.9 Å². The minimum Gasteiger partial charge on any atom is -0.282 e. The first kappa shape index (κ1) is 20.1. The Kier molecular flexibility index (Phi) is 5.16. The molecule has 0 bridgehead atoms. The van der Waals surface area contributed by atoms with E-state index in [0.717, 1.165) is 15.2 Å². The summed E-state index contributed by atoms with van der Waals surface area (Å²) in [6.45, 7) is 2.60. The van der Waals surface area contributed by atoms with Gasteiger partial charge in [0.25, 0.3) is 0 Å². The molecule has 0 saturated carbocycles. The van der Waals surface area contributed by atoms with Crippen LogP contribution >= 0.6 is 35.2 Å². The quantitative estimate of drug-likeness (QED) is 0.418. The second-order valence-electron chi connectivity index (χ2n) is 7.09. The van der Waals surface area contributed by atoms with Crippen molar-refractivity contribution in [3.63, 3.8) is 0 Å². The highest BCUT2D eigenvalue weighted by atomic mass is 35.5. The maximum absolute atomic E-state index is 12.9. The molecule has 1 aliphatic heterocycles. The number of para-hydroxylation sites is 1. The Labute approximate surface area is 187 Å². The molecule has 7 nitrogen and oxygen atoms in total. The molecule has 2 aromatic carbocycles. The van der Waals surface area contributed by atoms with E-state index >= 15 is 0 Å². The second-order valence-corrected chi connectivity index (χ2v) is 10.8. The van der Waals surface area contributed by atoms with Gasteiger partial charge >= 0.3 is 0 Å². The van der Waals surface area contributed by atoms with Crippen molar-refractivity contribution in [2.45, 2.75) is 11.6 Å². The molecular weight excluding hydrogens is 462 g/mol. The molecule has 1 fully saturated rings. The molecule has 0 spiro atoms. The molecule has 0 unspecified atom stereocenters. The lowest BCUT2D eigenvalue weighted by Crippen LogP contribution is -2.48. The maximum Gasteiger partial charge on any atom is 0.243 e. The van der Waals surface area contributed by atoms with Crippen molar-refractivity contribution in [2.75, 3.05) is 26.2 Å². The Balaban J connectivity index is 1.31. The van der Waals surface area contributed by atoms with Gasteiger partial charge in [-0.3, -0.25) is 9.30 Å². The standard InChI is InChI=1S/C19H18ClN5O2S3/c20-14-5-7-15(8-6-14)30(26,27)23-11-9-22(10-12-23)13-24-19(28)25-16-3-1-2-4-17(16)29-18(25)21-24/h1-8H,9-13H2. The molecule has 30 heavy (non-hydrogen) atoms. The molecule has 0 N–H and O–H groups in total. The number of hydrogen-bond acceptors (Lipinski definition) is 6. The van der Waals surface area contributed by atoms with E-state index in [9.17, 15) is 8.42 Å². The van der Waals surface area contributed by atoms with Gasteiger partial charge < -0.3 is 0 Å². The Morgan fingerprint density at radius 2 is 1.73 bits per heavy atom. The van der Waals surface area contributed by atoms with Gasteiger partial charge in [-0.1, -0.05) is 35.1 Å². The van der Waals surface area contributed by atoms with Crippen LogP contribution < -0.4 is 0 Å². The molecule has 2 aromatic heterocycles.